The van der Waals surface area contributed by atoms with Gasteiger partial charge in [0.1, 0.15) is 11.6 Å². The second-order valence-corrected chi connectivity index (χ2v) is 8.93. The molecule has 0 saturated heterocycles. The molecule has 0 radical (unpaired) electrons. The molecule has 0 bridgehead atoms. The molecule has 0 atom stereocenters. The molecule has 0 aliphatic heterocycles. The van der Waals surface area contributed by atoms with E-state index in [1.807, 2.05) is 43.3 Å². The van der Waals surface area contributed by atoms with Crippen LogP contribution in [0, 0.1) is 19.3 Å². The molecule has 160 valence electrons. The monoisotopic (exact) mass is 416 g/mol. The maximum absolute atomic E-state index is 13.1. The van der Waals surface area contributed by atoms with Crippen LogP contribution in [0.25, 0.3) is 0 Å². The van der Waals surface area contributed by atoms with Crippen LogP contribution in [-0.4, -0.2) is 22.9 Å². The summed E-state index contributed by atoms with van der Waals surface area (Å²) in [6.45, 7) is 8.30. The van der Waals surface area contributed by atoms with Crippen molar-refractivity contribution in [3.63, 3.8) is 0 Å². The number of hydrogen-bond acceptors (Lipinski definition) is 6. The molecule has 2 aromatic carbocycles. The molecule has 1 aromatic heterocycles. The van der Waals surface area contributed by atoms with E-state index in [0.717, 1.165) is 22.6 Å². The molecular weight excluding hydrogens is 388 g/mol. The first-order chi connectivity index (χ1) is 14.8. The van der Waals surface area contributed by atoms with Crippen LogP contribution in [0.15, 0.2) is 42.5 Å². The molecule has 6 nitrogen and oxygen atoms in total. The minimum atomic E-state index is -0.142. The Morgan fingerprint density at radius 1 is 0.968 bits per heavy atom. The SMILES string of the molecule is COc1ccccc1Nc1nc2c(c(Nc3ccc(C)cc3C)n1)C(=O)CC(C)(C)C2. The summed E-state index contributed by atoms with van der Waals surface area (Å²) in [4.78, 5) is 22.5. The Morgan fingerprint density at radius 2 is 1.74 bits per heavy atom. The Hall–Kier alpha value is -3.41. The molecular formula is C25H28N4O2. The zero-order chi connectivity index (χ0) is 22.2. The number of anilines is 4. The third kappa shape index (κ3) is 4.38. The van der Waals surface area contributed by atoms with Gasteiger partial charge < -0.3 is 15.4 Å². The highest BCUT2D eigenvalue weighted by atomic mass is 16.5. The molecule has 0 saturated carbocycles. The standard InChI is InChI=1S/C25H28N4O2/c1-15-10-11-17(16(2)12-15)26-23-22-19(13-25(3,4)14-20(22)30)28-24(29-23)27-18-8-6-7-9-21(18)31-5/h6-12H,13-14H2,1-5H3,(H2,26,27,28,29). The van der Waals surface area contributed by atoms with E-state index in [0.29, 0.717) is 35.9 Å². The number of carbonyl (C=O) groups is 1. The number of Topliss-reactive ketones (excluding diaryl/α,β-unsaturated/α-hetero) is 1. The summed E-state index contributed by atoms with van der Waals surface area (Å²) in [5.41, 5.74) is 5.18. The molecule has 6 heteroatoms. The lowest BCUT2D eigenvalue weighted by Gasteiger charge is -2.30. The van der Waals surface area contributed by atoms with Gasteiger partial charge in [-0.2, -0.15) is 4.98 Å². The Kier molecular flexibility index (Phi) is 5.39. The van der Waals surface area contributed by atoms with Crippen molar-refractivity contribution in [2.75, 3.05) is 17.7 Å². The van der Waals surface area contributed by atoms with Crippen molar-refractivity contribution in [1.29, 1.82) is 0 Å². The van der Waals surface area contributed by atoms with Gasteiger partial charge in [-0.25, -0.2) is 4.98 Å². The second kappa shape index (κ2) is 8.02. The lowest BCUT2D eigenvalue weighted by atomic mass is 9.75. The number of carbonyl (C=O) groups excluding carboxylic acids is 1. The fraction of sp³-hybridized carbons (Fsp3) is 0.320. The first-order valence-electron chi connectivity index (χ1n) is 10.4. The molecule has 4 rings (SSSR count). The second-order valence-electron chi connectivity index (χ2n) is 8.93. The molecule has 3 aromatic rings. The van der Waals surface area contributed by atoms with Crippen molar-refractivity contribution in [2.45, 2.75) is 40.5 Å². The van der Waals surface area contributed by atoms with E-state index >= 15 is 0 Å². The van der Waals surface area contributed by atoms with Crippen LogP contribution in [0.2, 0.25) is 0 Å². The summed E-state index contributed by atoms with van der Waals surface area (Å²) >= 11 is 0. The molecule has 0 fully saturated rings. The van der Waals surface area contributed by atoms with Gasteiger partial charge in [-0.1, -0.05) is 43.7 Å². The summed E-state index contributed by atoms with van der Waals surface area (Å²) in [6.07, 6.45) is 1.18. The maximum atomic E-state index is 13.1. The van der Waals surface area contributed by atoms with Gasteiger partial charge in [0.25, 0.3) is 0 Å². The number of methoxy groups -OCH3 is 1. The molecule has 0 unspecified atom stereocenters. The fourth-order valence-electron chi connectivity index (χ4n) is 4.06. The van der Waals surface area contributed by atoms with E-state index in [2.05, 4.69) is 37.5 Å². The van der Waals surface area contributed by atoms with Gasteiger partial charge in [-0.05, 0) is 49.4 Å². The lowest BCUT2D eigenvalue weighted by Crippen LogP contribution is -2.29. The van der Waals surface area contributed by atoms with E-state index < -0.39 is 0 Å². The number of hydrogen-bond donors (Lipinski definition) is 2. The highest BCUT2D eigenvalue weighted by Crippen LogP contribution is 2.38. The van der Waals surface area contributed by atoms with Gasteiger partial charge >= 0.3 is 0 Å². The molecule has 2 N–H and O–H groups in total. The number of benzene rings is 2. The van der Waals surface area contributed by atoms with E-state index in [1.165, 1.54) is 5.56 Å². The topological polar surface area (TPSA) is 76.1 Å². The van der Waals surface area contributed by atoms with Crippen molar-refractivity contribution >= 4 is 28.9 Å². The average Bonchev–Trinajstić information content (AvgIpc) is 2.69. The summed E-state index contributed by atoms with van der Waals surface area (Å²) < 4.78 is 5.45. The Morgan fingerprint density at radius 3 is 2.48 bits per heavy atom. The van der Waals surface area contributed by atoms with Crippen LogP contribution in [0.5, 0.6) is 5.75 Å². The van der Waals surface area contributed by atoms with Crippen LogP contribution in [0.4, 0.5) is 23.1 Å². The summed E-state index contributed by atoms with van der Waals surface area (Å²) in [5.74, 6) is 1.74. The first kappa shape index (κ1) is 20.8. The summed E-state index contributed by atoms with van der Waals surface area (Å²) in [7, 11) is 1.63. The van der Waals surface area contributed by atoms with Gasteiger partial charge in [0.15, 0.2) is 5.78 Å². The third-order valence-corrected chi connectivity index (χ3v) is 5.54. The Labute approximate surface area is 183 Å². The molecule has 0 spiro atoms. The number of para-hydroxylation sites is 2. The summed E-state index contributed by atoms with van der Waals surface area (Å²) in [6, 6.07) is 13.8. The van der Waals surface area contributed by atoms with Gasteiger partial charge in [-0.3, -0.25) is 4.79 Å². The number of fused-ring (bicyclic) bond motifs is 1. The fourth-order valence-corrected chi connectivity index (χ4v) is 4.06. The molecule has 1 aliphatic rings. The van der Waals surface area contributed by atoms with E-state index in [-0.39, 0.29) is 11.2 Å². The average molecular weight is 417 g/mol. The van der Waals surface area contributed by atoms with E-state index in [1.54, 1.807) is 7.11 Å². The lowest BCUT2D eigenvalue weighted by molar-refractivity contribution is 0.0911. The number of nitrogens with zero attached hydrogens (tertiary/aromatic N) is 2. The Bertz CT molecular complexity index is 1150. The van der Waals surface area contributed by atoms with E-state index in [9.17, 15) is 4.79 Å². The number of ether oxygens (including phenoxy) is 1. The molecule has 1 aliphatic carbocycles. The molecule has 31 heavy (non-hydrogen) atoms. The van der Waals surface area contributed by atoms with Gasteiger partial charge in [0, 0.05) is 12.1 Å². The number of ketones is 1. The van der Waals surface area contributed by atoms with Gasteiger partial charge in [0.2, 0.25) is 5.95 Å². The number of aromatic nitrogens is 2. The third-order valence-electron chi connectivity index (χ3n) is 5.54. The van der Waals surface area contributed by atoms with Gasteiger partial charge in [0.05, 0.1) is 24.1 Å². The predicted molar refractivity (Wildman–Crippen MR) is 124 cm³/mol. The van der Waals surface area contributed by atoms with Crippen LogP contribution < -0.4 is 15.4 Å². The first-order valence-corrected chi connectivity index (χ1v) is 10.4. The highest BCUT2D eigenvalue weighted by molar-refractivity contribution is 6.03. The largest absolute Gasteiger partial charge is 0.495 e. The predicted octanol–water partition coefficient (Wildman–Crippen LogP) is 5.74. The normalized spacial score (nSPS) is 14.7. The minimum absolute atomic E-state index is 0.0716. The minimum Gasteiger partial charge on any atom is -0.495 e. The number of aryl methyl sites for hydroxylation is 2. The molecule has 1 heterocycles. The smallest absolute Gasteiger partial charge is 0.229 e. The quantitative estimate of drug-likeness (QED) is 0.552. The highest BCUT2D eigenvalue weighted by Gasteiger charge is 2.35. The zero-order valence-electron chi connectivity index (χ0n) is 18.7. The number of rotatable bonds is 5. The van der Waals surface area contributed by atoms with E-state index in [4.69, 9.17) is 14.7 Å². The maximum Gasteiger partial charge on any atom is 0.229 e. The van der Waals surface area contributed by atoms with Crippen molar-refractivity contribution in [3.05, 3.63) is 64.8 Å². The van der Waals surface area contributed by atoms with Crippen molar-refractivity contribution in [1.82, 2.24) is 9.97 Å². The van der Waals surface area contributed by atoms with Crippen LogP contribution in [0.1, 0.15) is 47.4 Å². The van der Waals surface area contributed by atoms with Crippen molar-refractivity contribution in [2.24, 2.45) is 5.41 Å². The van der Waals surface area contributed by atoms with Crippen LogP contribution >= 0.6 is 0 Å². The summed E-state index contributed by atoms with van der Waals surface area (Å²) in [5, 5.41) is 6.66. The van der Waals surface area contributed by atoms with Crippen molar-refractivity contribution < 1.29 is 9.53 Å². The Balaban J connectivity index is 1.80. The molecule has 0 amide bonds. The van der Waals surface area contributed by atoms with Gasteiger partial charge in [-0.15, -0.1) is 0 Å². The number of nitrogens with one attached hydrogen (secondary N) is 2. The van der Waals surface area contributed by atoms with Crippen LogP contribution in [0.3, 0.4) is 0 Å². The van der Waals surface area contributed by atoms with Crippen LogP contribution in [-0.2, 0) is 6.42 Å². The zero-order valence-corrected chi connectivity index (χ0v) is 18.7. The van der Waals surface area contributed by atoms with Crippen molar-refractivity contribution in [3.8, 4) is 5.75 Å².